The number of piperidine rings is 1. The standard InChI is InChI=1S/C31H38N4O2/c1-20(2)29-27-16-23(22-10-12-35(13-11-22)14-15-37-5)8-9-28(27)33-30(29)25-17-26(31(36)34(4)19-25)24-7-6-21(3)32-18-24/h6-9,16-20,22,33H,10-15H2,1-5H3. The fourth-order valence-electron chi connectivity index (χ4n) is 5.70. The van der Waals surface area contributed by atoms with Gasteiger partial charge in [-0.25, -0.2) is 0 Å². The smallest absolute Gasteiger partial charge is 0.258 e. The number of rotatable bonds is 7. The van der Waals surface area contributed by atoms with Gasteiger partial charge in [0, 0.05) is 66.4 Å². The van der Waals surface area contributed by atoms with Crippen LogP contribution in [0.1, 0.15) is 55.3 Å². The number of aromatic amines is 1. The van der Waals surface area contributed by atoms with E-state index in [0.29, 0.717) is 17.4 Å². The van der Waals surface area contributed by atoms with Gasteiger partial charge in [-0.3, -0.25) is 9.78 Å². The van der Waals surface area contributed by atoms with Crippen molar-refractivity contribution in [1.29, 1.82) is 0 Å². The summed E-state index contributed by atoms with van der Waals surface area (Å²) in [6.45, 7) is 10.5. The molecule has 0 bridgehead atoms. The van der Waals surface area contributed by atoms with E-state index in [-0.39, 0.29) is 5.56 Å². The van der Waals surface area contributed by atoms with Crippen molar-refractivity contribution < 1.29 is 4.74 Å². The van der Waals surface area contributed by atoms with E-state index in [2.05, 4.69) is 46.9 Å². The predicted octanol–water partition coefficient (Wildman–Crippen LogP) is 5.85. The van der Waals surface area contributed by atoms with E-state index >= 15 is 0 Å². The Bertz CT molecular complexity index is 1440. The molecule has 1 aromatic carbocycles. The Kier molecular flexibility index (Phi) is 7.31. The Balaban J connectivity index is 1.53. The lowest BCUT2D eigenvalue weighted by Crippen LogP contribution is -2.35. The van der Waals surface area contributed by atoms with Crippen LogP contribution in [0.25, 0.3) is 33.3 Å². The molecular weight excluding hydrogens is 460 g/mol. The van der Waals surface area contributed by atoms with Crippen molar-refractivity contribution in [3.63, 3.8) is 0 Å². The summed E-state index contributed by atoms with van der Waals surface area (Å²) in [5.74, 6) is 0.913. The lowest BCUT2D eigenvalue weighted by atomic mass is 9.87. The quantitative estimate of drug-likeness (QED) is 0.347. The molecule has 0 radical (unpaired) electrons. The third-order valence-corrected chi connectivity index (χ3v) is 7.81. The van der Waals surface area contributed by atoms with Gasteiger partial charge in [0.25, 0.3) is 5.56 Å². The van der Waals surface area contributed by atoms with Gasteiger partial charge >= 0.3 is 0 Å². The van der Waals surface area contributed by atoms with Gasteiger partial charge in [-0.2, -0.15) is 0 Å². The summed E-state index contributed by atoms with van der Waals surface area (Å²) in [6.07, 6.45) is 6.09. The van der Waals surface area contributed by atoms with Crippen molar-refractivity contribution in [2.75, 3.05) is 33.4 Å². The summed E-state index contributed by atoms with van der Waals surface area (Å²) in [5, 5.41) is 1.29. The number of methoxy groups -OCH3 is 1. The average molecular weight is 499 g/mol. The molecule has 1 saturated heterocycles. The predicted molar refractivity (Wildman–Crippen MR) is 151 cm³/mol. The highest BCUT2D eigenvalue weighted by atomic mass is 16.5. The number of nitrogens with one attached hydrogen (secondary N) is 1. The molecular formula is C31H38N4O2. The first-order valence-corrected chi connectivity index (χ1v) is 13.4. The van der Waals surface area contributed by atoms with Crippen molar-refractivity contribution in [3.05, 3.63) is 76.0 Å². The van der Waals surface area contributed by atoms with Crippen LogP contribution in [0.5, 0.6) is 0 Å². The SMILES string of the molecule is COCCN1CCC(c2ccc3[nH]c(-c4cc(-c5ccc(C)nc5)c(=O)n(C)c4)c(C(C)C)c3c2)CC1. The Morgan fingerprint density at radius 1 is 1.11 bits per heavy atom. The first kappa shape index (κ1) is 25.4. The van der Waals surface area contributed by atoms with Gasteiger partial charge in [0.1, 0.15) is 0 Å². The highest BCUT2D eigenvalue weighted by Gasteiger charge is 2.23. The van der Waals surface area contributed by atoms with Crippen molar-refractivity contribution in [1.82, 2.24) is 19.4 Å². The Labute approximate surface area is 219 Å². The van der Waals surface area contributed by atoms with Crippen LogP contribution in [0.2, 0.25) is 0 Å². The summed E-state index contributed by atoms with van der Waals surface area (Å²) in [7, 11) is 3.60. The third kappa shape index (κ3) is 5.13. The summed E-state index contributed by atoms with van der Waals surface area (Å²) < 4.78 is 6.95. The van der Waals surface area contributed by atoms with E-state index in [1.807, 2.05) is 38.4 Å². The lowest BCUT2D eigenvalue weighted by molar-refractivity contribution is 0.130. The fourth-order valence-corrected chi connectivity index (χ4v) is 5.70. The summed E-state index contributed by atoms with van der Waals surface area (Å²) in [5.41, 5.74) is 8.42. The van der Waals surface area contributed by atoms with Gasteiger partial charge in [0.15, 0.2) is 0 Å². The molecule has 0 atom stereocenters. The highest BCUT2D eigenvalue weighted by Crippen LogP contribution is 2.38. The largest absolute Gasteiger partial charge is 0.383 e. The number of hydrogen-bond donors (Lipinski definition) is 1. The number of pyridine rings is 2. The molecule has 3 aromatic heterocycles. The minimum atomic E-state index is -0.0178. The molecule has 5 rings (SSSR count). The Morgan fingerprint density at radius 3 is 2.57 bits per heavy atom. The molecule has 4 heterocycles. The maximum atomic E-state index is 13.0. The van der Waals surface area contributed by atoms with Crippen molar-refractivity contribution in [3.8, 4) is 22.4 Å². The van der Waals surface area contributed by atoms with Crippen LogP contribution < -0.4 is 5.56 Å². The van der Waals surface area contributed by atoms with Crippen LogP contribution in [0, 0.1) is 6.92 Å². The fraction of sp³-hybridized carbons (Fsp3) is 0.419. The summed E-state index contributed by atoms with van der Waals surface area (Å²) in [4.78, 5) is 23.7. The van der Waals surface area contributed by atoms with Gasteiger partial charge in [0.05, 0.1) is 12.3 Å². The summed E-state index contributed by atoms with van der Waals surface area (Å²) >= 11 is 0. The number of benzene rings is 1. The molecule has 1 aliphatic heterocycles. The average Bonchev–Trinajstić information content (AvgIpc) is 3.29. The number of H-pyrrole nitrogens is 1. The molecule has 6 heteroatoms. The van der Waals surface area contributed by atoms with Crippen LogP contribution in [-0.2, 0) is 11.8 Å². The molecule has 4 aromatic rings. The van der Waals surface area contributed by atoms with Gasteiger partial charge in [0.2, 0.25) is 0 Å². The molecule has 37 heavy (non-hydrogen) atoms. The van der Waals surface area contributed by atoms with Gasteiger partial charge in [-0.1, -0.05) is 26.0 Å². The minimum absolute atomic E-state index is 0.0178. The number of aryl methyl sites for hydroxylation is 2. The molecule has 194 valence electrons. The van der Waals surface area contributed by atoms with E-state index in [1.165, 1.54) is 29.4 Å². The Morgan fingerprint density at radius 2 is 1.89 bits per heavy atom. The van der Waals surface area contributed by atoms with Gasteiger partial charge in [-0.05, 0) is 80.1 Å². The zero-order valence-corrected chi connectivity index (χ0v) is 22.7. The number of fused-ring (bicyclic) bond motifs is 1. The molecule has 1 fully saturated rings. The molecule has 0 spiro atoms. The minimum Gasteiger partial charge on any atom is -0.383 e. The van der Waals surface area contributed by atoms with Crippen molar-refractivity contribution >= 4 is 10.9 Å². The zero-order valence-electron chi connectivity index (χ0n) is 22.7. The normalized spacial score (nSPS) is 15.2. The van der Waals surface area contributed by atoms with Crippen LogP contribution in [0.15, 0.2) is 53.6 Å². The maximum Gasteiger partial charge on any atom is 0.258 e. The number of aromatic nitrogens is 3. The highest BCUT2D eigenvalue weighted by molar-refractivity contribution is 5.92. The topological polar surface area (TPSA) is 63.1 Å². The molecule has 6 nitrogen and oxygen atoms in total. The Hall–Kier alpha value is -3.22. The number of likely N-dealkylation sites (tertiary alicyclic amines) is 1. The second kappa shape index (κ2) is 10.6. The van der Waals surface area contributed by atoms with E-state index < -0.39 is 0 Å². The lowest BCUT2D eigenvalue weighted by Gasteiger charge is -2.32. The first-order chi connectivity index (χ1) is 17.9. The molecule has 0 unspecified atom stereocenters. The summed E-state index contributed by atoms with van der Waals surface area (Å²) in [6, 6.07) is 12.9. The van der Waals surface area contributed by atoms with Crippen LogP contribution in [0.4, 0.5) is 0 Å². The van der Waals surface area contributed by atoms with Gasteiger partial charge < -0.3 is 19.2 Å². The van der Waals surface area contributed by atoms with Crippen molar-refractivity contribution in [2.45, 2.75) is 45.4 Å². The van der Waals surface area contributed by atoms with E-state index in [0.717, 1.165) is 54.3 Å². The van der Waals surface area contributed by atoms with E-state index in [4.69, 9.17) is 4.74 Å². The molecule has 0 aliphatic carbocycles. The van der Waals surface area contributed by atoms with Crippen LogP contribution >= 0.6 is 0 Å². The third-order valence-electron chi connectivity index (χ3n) is 7.81. The van der Waals surface area contributed by atoms with E-state index in [9.17, 15) is 4.79 Å². The second-order valence-corrected chi connectivity index (χ2v) is 10.7. The van der Waals surface area contributed by atoms with Crippen LogP contribution in [-0.4, -0.2) is 52.8 Å². The van der Waals surface area contributed by atoms with Crippen LogP contribution in [0.3, 0.4) is 0 Å². The van der Waals surface area contributed by atoms with Gasteiger partial charge in [-0.15, -0.1) is 0 Å². The maximum absolute atomic E-state index is 13.0. The molecule has 0 amide bonds. The monoisotopic (exact) mass is 498 g/mol. The number of nitrogens with zero attached hydrogens (tertiary/aromatic N) is 3. The first-order valence-electron chi connectivity index (χ1n) is 13.4. The molecule has 1 N–H and O–H groups in total. The van der Waals surface area contributed by atoms with E-state index in [1.54, 1.807) is 17.9 Å². The van der Waals surface area contributed by atoms with Crippen molar-refractivity contribution in [2.24, 2.45) is 7.05 Å². The number of ether oxygens (including phenoxy) is 1. The second-order valence-electron chi connectivity index (χ2n) is 10.7. The molecule has 1 aliphatic rings. The number of hydrogen-bond acceptors (Lipinski definition) is 4. The molecule has 0 saturated carbocycles. The zero-order chi connectivity index (χ0) is 26.1.